The lowest BCUT2D eigenvalue weighted by Crippen LogP contribution is -2.37. The van der Waals surface area contributed by atoms with Crippen molar-refractivity contribution >= 4 is 11.9 Å². The molecular formula is C20H22FN3O3. The summed E-state index contributed by atoms with van der Waals surface area (Å²) in [4.78, 5) is 25.9. The number of nitrogens with zero attached hydrogens (tertiary/aromatic N) is 3. The highest BCUT2D eigenvalue weighted by Gasteiger charge is 2.35. The molecule has 0 radical (unpaired) electrons. The number of hydrogen-bond acceptors (Lipinski definition) is 3. The Morgan fingerprint density at radius 2 is 2.11 bits per heavy atom. The number of hydrogen-bond donors (Lipinski definition) is 1. The van der Waals surface area contributed by atoms with Gasteiger partial charge in [0.1, 0.15) is 11.5 Å². The monoisotopic (exact) mass is 371 g/mol. The largest absolute Gasteiger partial charge is 0.481 e. The number of carbonyl (C=O) groups is 2. The molecule has 0 saturated carbocycles. The van der Waals surface area contributed by atoms with Crippen molar-refractivity contribution in [3.63, 3.8) is 0 Å². The number of carbonyl (C=O) groups excluding carboxylic acids is 1. The van der Waals surface area contributed by atoms with E-state index in [9.17, 15) is 14.0 Å². The van der Waals surface area contributed by atoms with Crippen LogP contribution in [0.3, 0.4) is 0 Å². The molecule has 1 aromatic carbocycles. The SMILES string of the molecule is Cc1ccc(F)c(-n2nc(C(=O)N3CCCC3CC(=O)O)c3c2CCC3)c1. The van der Waals surface area contributed by atoms with E-state index < -0.39 is 5.97 Å². The molecule has 1 aromatic heterocycles. The van der Waals surface area contributed by atoms with E-state index in [2.05, 4.69) is 5.10 Å². The number of aliphatic carboxylic acids is 1. The van der Waals surface area contributed by atoms with Gasteiger partial charge in [0, 0.05) is 23.8 Å². The van der Waals surface area contributed by atoms with Gasteiger partial charge in [-0.25, -0.2) is 9.07 Å². The smallest absolute Gasteiger partial charge is 0.305 e. The molecule has 0 spiro atoms. The molecule has 27 heavy (non-hydrogen) atoms. The lowest BCUT2D eigenvalue weighted by atomic mass is 10.1. The van der Waals surface area contributed by atoms with Crippen molar-refractivity contribution in [3.8, 4) is 5.69 Å². The second kappa shape index (κ2) is 6.79. The predicted molar refractivity (Wildman–Crippen MR) is 96.6 cm³/mol. The van der Waals surface area contributed by atoms with Gasteiger partial charge < -0.3 is 10.0 Å². The molecule has 0 bridgehead atoms. The third-order valence-corrected chi connectivity index (χ3v) is 5.51. The Morgan fingerprint density at radius 3 is 2.89 bits per heavy atom. The zero-order valence-electron chi connectivity index (χ0n) is 15.2. The molecule has 1 N–H and O–H groups in total. The van der Waals surface area contributed by atoms with Crippen molar-refractivity contribution in [2.45, 2.75) is 51.5 Å². The van der Waals surface area contributed by atoms with Crippen LogP contribution in [0.1, 0.15) is 53.0 Å². The van der Waals surface area contributed by atoms with E-state index in [4.69, 9.17) is 5.11 Å². The Bertz CT molecular complexity index is 921. The first-order valence-corrected chi connectivity index (χ1v) is 9.35. The highest BCUT2D eigenvalue weighted by atomic mass is 19.1. The second-order valence-corrected chi connectivity index (χ2v) is 7.39. The lowest BCUT2D eigenvalue weighted by molar-refractivity contribution is -0.137. The number of rotatable bonds is 4. The van der Waals surface area contributed by atoms with Crippen molar-refractivity contribution in [2.75, 3.05) is 6.54 Å². The van der Waals surface area contributed by atoms with Gasteiger partial charge in [0.05, 0.1) is 6.42 Å². The maximum atomic E-state index is 14.4. The Labute approximate surface area is 156 Å². The number of likely N-dealkylation sites (tertiary alicyclic amines) is 1. The van der Waals surface area contributed by atoms with E-state index >= 15 is 0 Å². The summed E-state index contributed by atoms with van der Waals surface area (Å²) in [6, 6.07) is 4.56. The summed E-state index contributed by atoms with van der Waals surface area (Å²) < 4.78 is 16.0. The van der Waals surface area contributed by atoms with E-state index in [0.717, 1.165) is 42.5 Å². The van der Waals surface area contributed by atoms with Gasteiger partial charge in [0.2, 0.25) is 0 Å². The summed E-state index contributed by atoms with van der Waals surface area (Å²) in [5.41, 5.74) is 3.39. The summed E-state index contributed by atoms with van der Waals surface area (Å²) in [5.74, 6) is -1.51. The molecule has 1 aliphatic carbocycles. The van der Waals surface area contributed by atoms with Crippen LogP contribution in [0.5, 0.6) is 0 Å². The fraction of sp³-hybridized carbons (Fsp3) is 0.450. The maximum Gasteiger partial charge on any atom is 0.305 e. The van der Waals surface area contributed by atoms with Crippen LogP contribution in [0.25, 0.3) is 5.69 Å². The molecule has 1 fully saturated rings. The number of halogens is 1. The van der Waals surface area contributed by atoms with Gasteiger partial charge >= 0.3 is 5.97 Å². The fourth-order valence-corrected chi connectivity index (χ4v) is 4.25. The van der Waals surface area contributed by atoms with E-state index in [-0.39, 0.29) is 24.2 Å². The van der Waals surface area contributed by atoms with Crippen LogP contribution in [0.2, 0.25) is 0 Å². The molecular weight excluding hydrogens is 349 g/mol. The van der Waals surface area contributed by atoms with Gasteiger partial charge in [-0.15, -0.1) is 0 Å². The standard InChI is InChI=1S/C20H22FN3O3/c1-12-7-8-15(21)17(10-12)24-16-6-2-5-14(16)19(22-24)20(27)23-9-3-4-13(23)11-18(25)26/h7-8,10,13H,2-6,9,11H2,1H3,(H,25,26). The molecule has 1 aliphatic heterocycles. The first kappa shape index (κ1) is 17.7. The Kier molecular flexibility index (Phi) is 4.45. The third kappa shape index (κ3) is 3.11. The van der Waals surface area contributed by atoms with Crippen LogP contribution in [-0.4, -0.2) is 44.3 Å². The quantitative estimate of drug-likeness (QED) is 0.897. The number of carboxylic acids is 1. The van der Waals surface area contributed by atoms with Crippen LogP contribution in [-0.2, 0) is 17.6 Å². The first-order chi connectivity index (χ1) is 13.0. The summed E-state index contributed by atoms with van der Waals surface area (Å²) in [5, 5.41) is 13.6. The summed E-state index contributed by atoms with van der Waals surface area (Å²) in [7, 11) is 0. The minimum Gasteiger partial charge on any atom is -0.481 e. The molecule has 2 heterocycles. The lowest BCUT2D eigenvalue weighted by Gasteiger charge is -2.22. The Balaban J connectivity index is 1.73. The molecule has 4 rings (SSSR count). The topological polar surface area (TPSA) is 75.4 Å². The minimum absolute atomic E-state index is 0.0544. The van der Waals surface area contributed by atoms with E-state index in [1.807, 2.05) is 6.92 Å². The average Bonchev–Trinajstić information content (AvgIpc) is 3.32. The van der Waals surface area contributed by atoms with Crippen molar-refractivity contribution in [2.24, 2.45) is 0 Å². The van der Waals surface area contributed by atoms with E-state index in [1.54, 1.807) is 21.7 Å². The van der Waals surface area contributed by atoms with Crippen LogP contribution < -0.4 is 0 Å². The molecule has 2 aliphatic rings. The molecule has 1 amide bonds. The predicted octanol–water partition coefficient (Wildman–Crippen LogP) is 2.89. The average molecular weight is 371 g/mol. The van der Waals surface area contributed by atoms with E-state index in [0.29, 0.717) is 24.3 Å². The van der Waals surface area contributed by atoms with Gasteiger partial charge in [0.15, 0.2) is 5.69 Å². The molecule has 1 atom stereocenters. The van der Waals surface area contributed by atoms with E-state index in [1.165, 1.54) is 6.07 Å². The van der Waals surface area contributed by atoms with Gasteiger partial charge in [-0.2, -0.15) is 5.10 Å². The van der Waals surface area contributed by atoms with Gasteiger partial charge in [-0.1, -0.05) is 6.07 Å². The number of fused-ring (bicyclic) bond motifs is 1. The van der Waals surface area contributed by atoms with Gasteiger partial charge in [0.25, 0.3) is 5.91 Å². The highest BCUT2D eigenvalue weighted by molar-refractivity contribution is 5.95. The maximum absolute atomic E-state index is 14.4. The normalized spacial score (nSPS) is 18.7. The summed E-state index contributed by atoms with van der Waals surface area (Å²) in [6.07, 6.45) is 3.82. The molecule has 6 nitrogen and oxygen atoms in total. The van der Waals surface area contributed by atoms with Crippen LogP contribution in [0, 0.1) is 12.7 Å². The number of aryl methyl sites for hydroxylation is 1. The molecule has 1 unspecified atom stereocenters. The molecule has 1 saturated heterocycles. The number of aromatic nitrogens is 2. The molecule has 2 aromatic rings. The number of carboxylic acid groups (broad SMARTS) is 1. The van der Waals surface area contributed by atoms with Crippen molar-refractivity contribution in [3.05, 3.63) is 46.5 Å². The second-order valence-electron chi connectivity index (χ2n) is 7.39. The van der Waals surface area contributed by atoms with Crippen LogP contribution in [0.15, 0.2) is 18.2 Å². The Morgan fingerprint density at radius 1 is 1.30 bits per heavy atom. The van der Waals surface area contributed by atoms with Crippen LogP contribution >= 0.6 is 0 Å². The minimum atomic E-state index is -0.905. The fourth-order valence-electron chi connectivity index (χ4n) is 4.25. The van der Waals surface area contributed by atoms with Crippen molar-refractivity contribution in [1.29, 1.82) is 0 Å². The zero-order valence-corrected chi connectivity index (χ0v) is 15.2. The molecule has 142 valence electrons. The third-order valence-electron chi connectivity index (χ3n) is 5.51. The van der Waals surface area contributed by atoms with Crippen molar-refractivity contribution in [1.82, 2.24) is 14.7 Å². The summed E-state index contributed by atoms with van der Waals surface area (Å²) in [6.45, 7) is 2.43. The van der Waals surface area contributed by atoms with Crippen molar-refractivity contribution < 1.29 is 19.1 Å². The first-order valence-electron chi connectivity index (χ1n) is 9.35. The molecule has 7 heteroatoms. The highest BCUT2D eigenvalue weighted by Crippen LogP contribution is 2.31. The van der Waals surface area contributed by atoms with Gasteiger partial charge in [-0.05, 0) is 56.7 Å². The number of benzene rings is 1. The van der Waals surface area contributed by atoms with Crippen LogP contribution in [0.4, 0.5) is 4.39 Å². The zero-order chi connectivity index (χ0) is 19.1. The summed E-state index contributed by atoms with van der Waals surface area (Å²) >= 11 is 0. The number of amides is 1. The van der Waals surface area contributed by atoms with Gasteiger partial charge in [-0.3, -0.25) is 9.59 Å². The Hall–Kier alpha value is -2.70.